The number of hydrogen-bond acceptors (Lipinski definition) is 4. The molecule has 0 radical (unpaired) electrons. The second-order valence-electron chi connectivity index (χ2n) is 5.33. The summed E-state index contributed by atoms with van der Waals surface area (Å²) >= 11 is 0. The largest absolute Gasteiger partial charge is 0.378 e. The smallest absolute Gasteiger partial charge is 0.0642 e. The number of benzene rings is 1. The minimum absolute atomic E-state index is 0.787. The van der Waals surface area contributed by atoms with Crippen LogP contribution in [0.5, 0.6) is 0 Å². The standard InChI is InChI=1S/C17H21N3O/c18-19-13-16-7-6-15(12-14-4-2-1-3-5-14)17(16)20-8-10-21-11-9-20/h1-5,12-13H,6-11,18H2/b15-12-,19-13-. The molecular weight excluding hydrogens is 262 g/mol. The third-order valence-electron chi connectivity index (χ3n) is 3.97. The van der Waals surface area contributed by atoms with Gasteiger partial charge in [0.25, 0.3) is 0 Å². The molecule has 1 heterocycles. The van der Waals surface area contributed by atoms with E-state index < -0.39 is 0 Å². The van der Waals surface area contributed by atoms with Gasteiger partial charge in [-0.15, -0.1) is 0 Å². The number of morpholine rings is 1. The van der Waals surface area contributed by atoms with Crippen LogP contribution in [0.25, 0.3) is 6.08 Å². The van der Waals surface area contributed by atoms with Crippen LogP contribution < -0.4 is 5.84 Å². The summed E-state index contributed by atoms with van der Waals surface area (Å²) in [6, 6.07) is 10.5. The Morgan fingerprint density at radius 3 is 2.57 bits per heavy atom. The molecule has 0 spiro atoms. The SMILES string of the molecule is N/N=C\C1=C(N2CCOCC2)C(=C\c2ccccc2)/CC1. The number of rotatable bonds is 3. The lowest BCUT2D eigenvalue weighted by atomic mass is 10.1. The average Bonchev–Trinajstić information content (AvgIpc) is 2.92. The van der Waals surface area contributed by atoms with Crippen LogP contribution in [-0.4, -0.2) is 37.4 Å². The van der Waals surface area contributed by atoms with Gasteiger partial charge in [-0.05, 0) is 35.6 Å². The first-order valence-electron chi connectivity index (χ1n) is 7.43. The topological polar surface area (TPSA) is 50.8 Å². The third-order valence-corrected chi connectivity index (χ3v) is 3.97. The molecule has 4 nitrogen and oxygen atoms in total. The fraction of sp³-hybridized carbons (Fsp3) is 0.353. The Morgan fingerprint density at radius 2 is 1.86 bits per heavy atom. The number of allylic oxidation sites excluding steroid dienone is 2. The van der Waals surface area contributed by atoms with Crippen molar-refractivity contribution in [2.45, 2.75) is 12.8 Å². The summed E-state index contributed by atoms with van der Waals surface area (Å²) in [5.74, 6) is 5.37. The quantitative estimate of drug-likeness (QED) is 0.526. The van der Waals surface area contributed by atoms with Crippen molar-refractivity contribution in [3.05, 3.63) is 52.7 Å². The predicted molar refractivity (Wildman–Crippen MR) is 85.8 cm³/mol. The highest BCUT2D eigenvalue weighted by Gasteiger charge is 2.25. The molecule has 0 bridgehead atoms. The maximum absolute atomic E-state index is 5.47. The molecule has 1 aliphatic carbocycles. The number of ether oxygens (including phenoxy) is 1. The number of hydrazone groups is 1. The van der Waals surface area contributed by atoms with E-state index in [0.29, 0.717) is 0 Å². The second kappa shape index (κ2) is 6.59. The Bertz CT molecular complexity index is 569. The highest BCUT2D eigenvalue weighted by Crippen LogP contribution is 2.34. The van der Waals surface area contributed by atoms with E-state index in [1.165, 1.54) is 22.4 Å². The number of nitrogens with two attached hydrogens (primary N) is 1. The fourth-order valence-electron chi connectivity index (χ4n) is 3.01. The van der Waals surface area contributed by atoms with Crippen LogP contribution in [0, 0.1) is 0 Å². The van der Waals surface area contributed by atoms with Crippen LogP contribution in [0.2, 0.25) is 0 Å². The highest BCUT2D eigenvalue weighted by atomic mass is 16.5. The molecule has 0 amide bonds. The fourth-order valence-corrected chi connectivity index (χ4v) is 3.01. The minimum Gasteiger partial charge on any atom is -0.378 e. The van der Waals surface area contributed by atoms with Crippen molar-refractivity contribution < 1.29 is 4.74 Å². The van der Waals surface area contributed by atoms with Gasteiger partial charge >= 0.3 is 0 Å². The lowest BCUT2D eigenvalue weighted by Crippen LogP contribution is -2.36. The predicted octanol–water partition coefficient (Wildman–Crippen LogP) is 2.39. The van der Waals surface area contributed by atoms with E-state index in [2.05, 4.69) is 40.3 Å². The maximum atomic E-state index is 5.47. The Kier molecular flexibility index (Phi) is 4.36. The van der Waals surface area contributed by atoms with E-state index in [0.717, 1.165) is 39.1 Å². The summed E-state index contributed by atoms with van der Waals surface area (Å²) in [4.78, 5) is 2.41. The van der Waals surface area contributed by atoms with Crippen molar-refractivity contribution in [2.24, 2.45) is 10.9 Å². The molecule has 0 unspecified atom stereocenters. The molecule has 1 aromatic rings. The van der Waals surface area contributed by atoms with Crippen LogP contribution in [0.4, 0.5) is 0 Å². The van der Waals surface area contributed by atoms with Crippen molar-refractivity contribution in [1.29, 1.82) is 0 Å². The summed E-state index contributed by atoms with van der Waals surface area (Å²) < 4.78 is 5.47. The zero-order valence-electron chi connectivity index (χ0n) is 12.2. The Hall–Kier alpha value is -2.07. The van der Waals surface area contributed by atoms with Crippen LogP contribution in [0.15, 0.2) is 52.3 Å². The summed E-state index contributed by atoms with van der Waals surface area (Å²) in [6.45, 7) is 3.44. The Morgan fingerprint density at radius 1 is 1.10 bits per heavy atom. The van der Waals surface area contributed by atoms with Gasteiger partial charge in [-0.25, -0.2) is 0 Å². The number of hydrogen-bond donors (Lipinski definition) is 1. The average molecular weight is 283 g/mol. The first kappa shape index (κ1) is 13.9. The molecule has 21 heavy (non-hydrogen) atoms. The van der Waals surface area contributed by atoms with Gasteiger partial charge in [-0.1, -0.05) is 30.3 Å². The van der Waals surface area contributed by atoms with Gasteiger partial charge in [0.15, 0.2) is 0 Å². The van der Waals surface area contributed by atoms with Crippen molar-refractivity contribution >= 4 is 12.3 Å². The van der Waals surface area contributed by atoms with Gasteiger partial charge in [-0.2, -0.15) is 5.10 Å². The molecule has 1 fully saturated rings. The zero-order valence-corrected chi connectivity index (χ0v) is 12.2. The molecule has 0 aromatic heterocycles. The second-order valence-corrected chi connectivity index (χ2v) is 5.33. The van der Waals surface area contributed by atoms with E-state index in [-0.39, 0.29) is 0 Å². The highest BCUT2D eigenvalue weighted by molar-refractivity contribution is 5.83. The molecule has 0 atom stereocenters. The molecule has 1 aliphatic heterocycles. The van der Waals surface area contributed by atoms with Gasteiger partial charge in [0, 0.05) is 18.8 Å². The van der Waals surface area contributed by atoms with Gasteiger partial charge in [-0.3, -0.25) is 0 Å². The van der Waals surface area contributed by atoms with Crippen molar-refractivity contribution in [2.75, 3.05) is 26.3 Å². The Balaban J connectivity index is 1.94. The van der Waals surface area contributed by atoms with Gasteiger partial charge in [0.2, 0.25) is 0 Å². The van der Waals surface area contributed by atoms with E-state index in [9.17, 15) is 0 Å². The van der Waals surface area contributed by atoms with Crippen molar-refractivity contribution in [1.82, 2.24) is 4.90 Å². The molecule has 1 aromatic carbocycles. The molecule has 2 N–H and O–H groups in total. The lowest BCUT2D eigenvalue weighted by molar-refractivity contribution is 0.0548. The van der Waals surface area contributed by atoms with Crippen molar-refractivity contribution in [3.8, 4) is 0 Å². The maximum Gasteiger partial charge on any atom is 0.0642 e. The van der Waals surface area contributed by atoms with Crippen LogP contribution >= 0.6 is 0 Å². The molecule has 2 aliphatic rings. The van der Waals surface area contributed by atoms with E-state index in [4.69, 9.17) is 10.6 Å². The summed E-state index contributed by atoms with van der Waals surface area (Å²) in [6.07, 6.45) is 6.13. The molecule has 1 saturated heterocycles. The van der Waals surface area contributed by atoms with Crippen LogP contribution in [0.3, 0.4) is 0 Å². The molecule has 0 saturated carbocycles. The van der Waals surface area contributed by atoms with Gasteiger partial charge < -0.3 is 15.5 Å². The van der Waals surface area contributed by atoms with E-state index >= 15 is 0 Å². The zero-order chi connectivity index (χ0) is 14.5. The first-order valence-corrected chi connectivity index (χ1v) is 7.43. The van der Waals surface area contributed by atoms with E-state index in [1.54, 1.807) is 6.21 Å². The van der Waals surface area contributed by atoms with Gasteiger partial charge in [0.1, 0.15) is 0 Å². The summed E-state index contributed by atoms with van der Waals surface area (Å²) in [5.41, 5.74) is 5.15. The van der Waals surface area contributed by atoms with Crippen LogP contribution in [0.1, 0.15) is 18.4 Å². The lowest BCUT2D eigenvalue weighted by Gasteiger charge is -2.31. The summed E-state index contributed by atoms with van der Waals surface area (Å²) in [7, 11) is 0. The van der Waals surface area contributed by atoms with E-state index in [1.807, 2.05) is 6.07 Å². The minimum atomic E-state index is 0.787. The Labute approximate surface area is 125 Å². The van der Waals surface area contributed by atoms with Crippen LogP contribution in [-0.2, 0) is 4.74 Å². The molecule has 110 valence electrons. The molecule has 4 heteroatoms. The molecular formula is C17H21N3O. The summed E-state index contributed by atoms with van der Waals surface area (Å²) in [5, 5.41) is 3.74. The monoisotopic (exact) mass is 283 g/mol. The number of nitrogens with zero attached hydrogens (tertiary/aromatic N) is 2. The molecule has 3 rings (SSSR count). The first-order chi connectivity index (χ1) is 10.4. The van der Waals surface area contributed by atoms with Crippen molar-refractivity contribution in [3.63, 3.8) is 0 Å². The normalized spacial score (nSPS) is 21.7. The third kappa shape index (κ3) is 3.16. The van der Waals surface area contributed by atoms with Gasteiger partial charge in [0.05, 0.1) is 19.4 Å².